The quantitative estimate of drug-likeness (QED) is 0.860. The third-order valence-electron chi connectivity index (χ3n) is 2.92. The number of hydrogen-bond acceptors (Lipinski definition) is 4. The van der Waals surface area contributed by atoms with E-state index in [4.69, 9.17) is 4.74 Å². The van der Waals surface area contributed by atoms with E-state index in [1.807, 2.05) is 0 Å². The van der Waals surface area contributed by atoms with Gasteiger partial charge >= 0.3 is 5.97 Å². The first kappa shape index (κ1) is 15.0. The molecule has 2 aromatic rings. The van der Waals surface area contributed by atoms with Crippen LogP contribution in [0.2, 0.25) is 0 Å². The molecule has 0 saturated heterocycles. The monoisotopic (exact) mass is 290 g/mol. The van der Waals surface area contributed by atoms with Gasteiger partial charge in [0.15, 0.2) is 0 Å². The Bertz CT molecular complexity index is 610. The molecule has 0 radical (unpaired) electrons. The second-order valence-corrected chi connectivity index (χ2v) is 4.40. The van der Waals surface area contributed by atoms with Gasteiger partial charge in [-0.1, -0.05) is 18.2 Å². The van der Waals surface area contributed by atoms with Crippen LogP contribution in [0.4, 0.5) is 4.39 Å². The highest BCUT2D eigenvalue weighted by molar-refractivity contribution is 5.89. The van der Waals surface area contributed by atoms with Crippen LogP contribution >= 0.6 is 0 Å². The van der Waals surface area contributed by atoms with Gasteiger partial charge in [0.2, 0.25) is 0 Å². The van der Waals surface area contributed by atoms with Crippen molar-refractivity contribution in [1.29, 1.82) is 0 Å². The van der Waals surface area contributed by atoms with Crippen LogP contribution in [-0.4, -0.2) is 24.8 Å². The Morgan fingerprint density at radius 1 is 1.24 bits per heavy atom. The summed E-state index contributed by atoms with van der Waals surface area (Å²) in [5.41, 5.74) is 0.923. The van der Waals surface area contributed by atoms with Crippen LogP contribution in [0.1, 0.15) is 22.0 Å². The van der Waals surface area contributed by atoms with Gasteiger partial charge in [-0.25, -0.2) is 9.18 Å². The minimum absolute atomic E-state index is 0.00371. The minimum Gasteiger partial charge on any atom is -0.491 e. The van der Waals surface area contributed by atoms with Gasteiger partial charge in [-0.05, 0) is 35.9 Å². The zero-order chi connectivity index (χ0) is 15.2. The fourth-order valence-electron chi connectivity index (χ4n) is 1.79. The highest BCUT2D eigenvalue weighted by Crippen LogP contribution is 2.18. The van der Waals surface area contributed by atoms with Gasteiger partial charge in [-0.3, -0.25) is 0 Å². The number of aliphatic hydroxyl groups excluding tert-OH is 1. The summed E-state index contributed by atoms with van der Waals surface area (Å²) in [5.74, 6) is -0.378. The van der Waals surface area contributed by atoms with Crippen molar-refractivity contribution in [3.8, 4) is 5.75 Å². The summed E-state index contributed by atoms with van der Waals surface area (Å²) >= 11 is 0. The number of esters is 1. The van der Waals surface area contributed by atoms with Crippen molar-refractivity contribution in [1.82, 2.24) is 0 Å². The molecule has 0 saturated carbocycles. The van der Waals surface area contributed by atoms with Crippen LogP contribution < -0.4 is 4.74 Å². The number of ether oxygens (including phenoxy) is 2. The van der Waals surface area contributed by atoms with Crippen LogP contribution in [0.15, 0.2) is 48.5 Å². The van der Waals surface area contributed by atoms with Crippen molar-refractivity contribution < 1.29 is 23.8 Å². The molecular weight excluding hydrogens is 275 g/mol. The molecule has 5 heteroatoms. The molecule has 1 N–H and O–H groups in total. The Balaban J connectivity index is 1.99. The first-order valence-corrected chi connectivity index (χ1v) is 6.35. The van der Waals surface area contributed by atoms with Crippen molar-refractivity contribution in [3.63, 3.8) is 0 Å². The molecule has 0 aromatic heterocycles. The van der Waals surface area contributed by atoms with E-state index in [0.717, 1.165) is 0 Å². The molecular formula is C16H15FO4. The van der Waals surface area contributed by atoms with Crippen molar-refractivity contribution >= 4 is 5.97 Å². The minimum atomic E-state index is -0.882. The normalized spacial score (nSPS) is 11.8. The van der Waals surface area contributed by atoms with Crippen molar-refractivity contribution in [2.45, 2.75) is 6.10 Å². The summed E-state index contributed by atoms with van der Waals surface area (Å²) in [7, 11) is 1.30. The molecule has 0 bridgehead atoms. The lowest BCUT2D eigenvalue weighted by molar-refractivity contribution is 0.0600. The van der Waals surface area contributed by atoms with E-state index in [2.05, 4.69) is 4.74 Å². The summed E-state index contributed by atoms with van der Waals surface area (Å²) in [5, 5.41) is 9.96. The number of halogens is 1. The van der Waals surface area contributed by atoms with Crippen molar-refractivity contribution in [3.05, 3.63) is 65.5 Å². The Morgan fingerprint density at radius 2 is 1.95 bits per heavy atom. The maximum atomic E-state index is 12.8. The van der Waals surface area contributed by atoms with E-state index in [-0.39, 0.29) is 12.4 Å². The first-order chi connectivity index (χ1) is 10.1. The van der Waals surface area contributed by atoms with E-state index in [1.54, 1.807) is 18.2 Å². The fourth-order valence-corrected chi connectivity index (χ4v) is 1.79. The second-order valence-electron chi connectivity index (χ2n) is 4.40. The molecule has 0 heterocycles. The summed E-state index contributed by atoms with van der Waals surface area (Å²) < 4.78 is 22.9. The third-order valence-corrected chi connectivity index (χ3v) is 2.92. The lowest BCUT2D eigenvalue weighted by Gasteiger charge is -2.13. The number of carbonyl (C=O) groups is 1. The van der Waals surface area contributed by atoms with Crippen LogP contribution in [0, 0.1) is 5.82 Å². The number of hydrogen-bond donors (Lipinski definition) is 1. The van der Waals surface area contributed by atoms with Crippen LogP contribution in [-0.2, 0) is 4.74 Å². The van der Waals surface area contributed by atoms with Crippen LogP contribution in [0.3, 0.4) is 0 Å². The molecule has 0 amide bonds. The molecule has 0 aliphatic heterocycles. The number of carbonyl (C=O) groups excluding carboxylic acids is 1. The van der Waals surface area contributed by atoms with E-state index in [9.17, 15) is 14.3 Å². The van der Waals surface area contributed by atoms with Crippen molar-refractivity contribution in [2.24, 2.45) is 0 Å². The fraction of sp³-hybridized carbons (Fsp3) is 0.188. The highest BCUT2D eigenvalue weighted by atomic mass is 19.1. The van der Waals surface area contributed by atoms with Crippen molar-refractivity contribution in [2.75, 3.05) is 13.7 Å². The van der Waals surface area contributed by atoms with E-state index in [0.29, 0.717) is 16.9 Å². The summed E-state index contributed by atoms with van der Waals surface area (Å²) in [6.07, 6.45) is -0.882. The SMILES string of the molecule is COC(=O)c1cccc(OCC(O)c2ccc(F)cc2)c1. The van der Waals surface area contributed by atoms with Gasteiger partial charge in [0.1, 0.15) is 24.3 Å². The first-order valence-electron chi connectivity index (χ1n) is 6.35. The second kappa shape index (κ2) is 6.85. The molecule has 21 heavy (non-hydrogen) atoms. The average molecular weight is 290 g/mol. The van der Waals surface area contributed by atoms with Crippen LogP contribution in [0.5, 0.6) is 5.75 Å². The maximum Gasteiger partial charge on any atom is 0.337 e. The predicted octanol–water partition coefficient (Wildman–Crippen LogP) is 2.72. The molecule has 0 aliphatic rings. The number of methoxy groups -OCH3 is 1. The van der Waals surface area contributed by atoms with E-state index < -0.39 is 12.1 Å². The van der Waals surface area contributed by atoms with E-state index in [1.165, 1.54) is 37.4 Å². The maximum absolute atomic E-state index is 12.8. The van der Waals surface area contributed by atoms with E-state index >= 15 is 0 Å². The Hall–Kier alpha value is -2.40. The smallest absolute Gasteiger partial charge is 0.337 e. The standard InChI is InChI=1S/C16H15FO4/c1-20-16(19)12-3-2-4-14(9-12)21-10-15(18)11-5-7-13(17)8-6-11/h2-9,15,18H,10H2,1H3. The lowest BCUT2D eigenvalue weighted by Crippen LogP contribution is -2.10. The number of benzene rings is 2. The molecule has 110 valence electrons. The largest absolute Gasteiger partial charge is 0.491 e. The average Bonchev–Trinajstić information content (AvgIpc) is 2.52. The zero-order valence-electron chi connectivity index (χ0n) is 11.5. The Morgan fingerprint density at radius 3 is 2.62 bits per heavy atom. The highest BCUT2D eigenvalue weighted by Gasteiger charge is 2.10. The molecule has 4 nitrogen and oxygen atoms in total. The van der Waals surface area contributed by atoms with Gasteiger partial charge in [-0.15, -0.1) is 0 Å². The number of rotatable bonds is 5. The topological polar surface area (TPSA) is 55.8 Å². The molecule has 2 rings (SSSR count). The number of aliphatic hydroxyl groups is 1. The van der Waals surface area contributed by atoms with Gasteiger partial charge in [0.05, 0.1) is 12.7 Å². The van der Waals surface area contributed by atoms with Crippen LogP contribution in [0.25, 0.3) is 0 Å². The van der Waals surface area contributed by atoms with Gasteiger partial charge in [-0.2, -0.15) is 0 Å². The predicted molar refractivity (Wildman–Crippen MR) is 74.6 cm³/mol. The molecule has 0 spiro atoms. The lowest BCUT2D eigenvalue weighted by atomic mass is 10.1. The van der Waals surface area contributed by atoms with Gasteiger partial charge in [0.25, 0.3) is 0 Å². The Kier molecular flexibility index (Phi) is 4.90. The molecule has 1 atom stereocenters. The summed E-state index contributed by atoms with van der Waals surface area (Å²) in [4.78, 5) is 11.4. The molecule has 1 unspecified atom stereocenters. The summed E-state index contributed by atoms with van der Waals surface area (Å²) in [6.45, 7) is -0.00371. The molecule has 0 fully saturated rings. The molecule has 2 aromatic carbocycles. The summed E-state index contributed by atoms with van der Waals surface area (Å²) in [6, 6.07) is 12.0. The third kappa shape index (κ3) is 4.03. The Labute approximate surface area is 121 Å². The van der Waals surface area contributed by atoms with Gasteiger partial charge < -0.3 is 14.6 Å². The van der Waals surface area contributed by atoms with Gasteiger partial charge in [0, 0.05) is 0 Å². The molecule has 0 aliphatic carbocycles. The zero-order valence-corrected chi connectivity index (χ0v) is 11.5.